The summed E-state index contributed by atoms with van der Waals surface area (Å²) in [5.41, 5.74) is 0.387. The van der Waals surface area contributed by atoms with Gasteiger partial charge in [0.15, 0.2) is 0 Å². The molecule has 0 aliphatic heterocycles. The van der Waals surface area contributed by atoms with E-state index in [-0.39, 0.29) is 16.8 Å². The molecule has 0 aliphatic rings. The summed E-state index contributed by atoms with van der Waals surface area (Å²) in [6, 6.07) is 5.45. The van der Waals surface area contributed by atoms with Crippen molar-refractivity contribution in [2.75, 3.05) is 0 Å². The van der Waals surface area contributed by atoms with Crippen LogP contribution in [0.3, 0.4) is 0 Å². The maximum Gasteiger partial charge on any atom is 0.251 e. The Morgan fingerprint density at radius 2 is 2.00 bits per heavy atom. The Morgan fingerprint density at radius 3 is 2.44 bits per heavy atom. The fraction of sp³-hybridized carbons (Fsp3) is 0.250. The average Bonchev–Trinajstić information content (AvgIpc) is 2.28. The molecule has 0 aromatic heterocycles. The Kier molecular flexibility index (Phi) is 4.63. The minimum Gasteiger partial charge on any atom is -0.349 e. The van der Waals surface area contributed by atoms with Gasteiger partial charge in [0.2, 0.25) is 10.0 Å². The van der Waals surface area contributed by atoms with Gasteiger partial charge in [0.1, 0.15) is 0 Å². The van der Waals surface area contributed by atoms with Gasteiger partial charge in [-0.3, -0.25) is 4.79 Å². The van der Waals surface area contributed by atoms with E-state index in [0.717, 1.165) is 0 Å². The van der Waals surface area contributed by atoms with Crippen molar-refractivity contribution in [2.45, 2.75) is 24.3 Å². The summed E-state index contributed by atoms with van der Waals surface area (Å²) in [6.07, 6.45) is 2.38. The number of amides is 1. The molecule has 18 heavy (non-hydrogen) atoms. The first-order chi connectivity index (χ1) is 8.34. The van der Waals surface area contributed by atoms with Crippen molar-refractivity contribution in [1.82, 2.24) is 5.32 Å². The topological polar surface area (TPSA) is 89.3 Å². The van der Waals surface area contributed by atoms with Crippen LogP contribution in [0.15, 0.2) is 41.8 Å². The lowest BCUT2D eigenvalue weighted by atomic mass is 10.2. The molecule has 6 heteroatoms. The van der Waals surface area contributed by atoms with Crippen LogP contribution in [0.4, 0.5) is 0 Å². The van der Waals surface area contributed by atoms with Gasteiger partial charge in [-0.25, -0.2) is 13.6 Å². The van der Waals surface area contributed by atoms with Gasteiger partial charge in [0.25, 0.3) is 5.91 Å². The van der Waals surface area contributed by atoms with E-state index < -0.39 is 10.0 Å². The lowest BCUT2D eigenvalue weighted by Crippen LogP contribution is -2.32. The van der Waals surface area contributed by atoms with Crippen molar-refractivity contribution in [3.8, 4) is 0 Å². The van der Waals surface area contributed by atoms with Crippen LogP contribution in [-0.2, 0) is 10.0 Å². The van der Waals surface area contributed by atoms with Crippen LogP contribution >= 0.6 is 0 Å². The summed E-state index contributed by atoms with van der Waals surface area (Å²) in [7, 11) is -3.72. The van der Waals surface area contributed by atoms with Gasteiger partial charge >= 0.3 is 0 Å². The SMILES string of the molecule is C=CCC(C)NC(=O)c1ccc(S(N)(=O)=O)cc1. The van der Waals surface area contributed by atoms with E-state index >= 15 is 0 Å². The molecule has 1 rings (SSSR count). The first-order valence-electron chi connectivity index (χ1n) is 5.39. The Morgan fingerprint density at radius 1 is 1.44 bits per heavy atom. The number of nitrogens with two attached hydrogens (primary N) is 1. The number of rotatable bonds is 5. The molecule has 1 unspecified atom stereocenters. The van der Waals surface area contributed by atoms with E-state index in [1.807, 2.05) is 6.92 Å². The third kappa shape index (κ3) is 3.97. The largest absolute Gasteiger partial charge is 0.349 e. The lowest BCUT2D eigenvalue weighted by Gasteiger charge is -2.11. The lowest BCUT2D eigenvalue weighted by molar-refractivity contribution is 0.0940. The Labute approximate surface area is 107 Å². The molecule has 98 valence electrons. The second kappa shape index (κ2) is 5.79. The van der Waals surface area contributed by atoms with Crippen LogP contribution < -0.4 is 10.5 Å². The summed E-state index contributed by atoms with van der Waals surface area (Å²) in [5.74, 6) is -0.259. The van der Waals surface area contributed by atoms with Gasteiger partial charge in [-0.05, 0) is 37.6 Å². The zero-order valence-electron chi connectivity index (χ0n) is 10.1. The first kappa shape index (κ1) is 14.4. The highest BCUT2D eigenvalue weighted by Gasteiger charge is 2.11. The smallest absolute Gasteiger partial charge is 0.251 e. The maximum atomic E-state index is 11.8. The molecule has 0 aliphatic carbocycles. The van der Waals surface area contributed by atoms with Crippen molar-refractivity contribution < 1.29 is 13.2 Å². The zero-order chi connectivity index (χ0) is 13.8. The Hall–Kier alpha value is -1.66. The van der Waals surface area contributed by atoms with Gasteiger partial charge in [0.05, 0.1) is 4.90 Å². The van der Waals surface area contributed by atoms with Crippen molar-refractivity contribution in [2.24, 2.45) is 5.14 Å². The number of hydrogen-bond donors (Lipinski definition) is 2. The number of sulfonamides is 1. The van der Waals surface area contributed by atoms with Crippen molar-refractivity contribution >= 4 is 15.9 Å². The minimum atomic E-state index is -3.72. The molecule has 1 atom stereocenters. The second-order valence-corrected chi connectivity index (χ2v) is 5.53. The fourth-order valence-corrected chi connectivity index (χ4v) is 1.93. The van der Waals surface area contributed by atoms with Gasteiger partial charge < -0.3 is 5.32 Å². The minimum absolute atomic E-state index is 0.0156. The van der Waals surface area contributed by atoms with Crippen LogP contribution in [0.1, 0.15) is 23.7 Å². The van der Waals surface area contributed by atoms with E-state index in [1.54, 1.807) is 6.08 Å². The van der Waals surface area contributed by atoms with E-state index in [1.165, 1.54) is 24.3 Å². The fourth-order valence-electron chi connectivity index (χ4n) is 1.41. The summed E-state index contributed by atoms with van der Waals surface area (Å²) in [5, 5.41) is 7.73. The number of hydrogen-bond acceptors (Lipinski definition) is 3. The van der Waals surface area contributed by atoms with Crippen molar-refractivity contribution in [1.29, 1.82) is 0 Å². The molecule has 3 N–H and O–H groups in total. The summed E-state index contributed by atoms with van der Waals surface area (Å²) in [4.78, 5) is 11.7. The molecule has 0 spiro atoms. The quantitative estimate of drug-likeness (QED) is 0.781. The van der Waals surface area contributed by atoms with E-state index in [0.29, 0.717) is 12.0 Å². The molecular formula is C12H16N2O3S. The third-order valence-corrected chi connectivity index (χ3v) is 3.27. The molecule has 0 saturated heterocycles. The first-order valence-corrected chi connectivity index (χ1v) is 6.94. The molecule has 0 heterocycles. The number of carbonyl (C=O) groups excluding carboxylic acids is 1. The van der Waals surface area contributed by atoms with Crippen LogP contribution in [0, 0.1) is 0 Å². The van der Waals surface area contributed by atoms with Gasteiger partial charge in [-0.1, -0.05) is 6.08 Å². The predicted octanol–water partition coefficient (Wildman–Crippen LogP) is 1.03. The summed E-state index contributed by atoms with van der Waals surface area (Å²) >= 11 is 0. The van der Waals surface area contributed by atoms with Gasteiger partial charge in [-0.2, -0.15) is 0 Å². The second-order valence-electron chi connectivity index (χ2n) is 3.97. The molecule has 5 nitrogen and oxygen atoms in total. The molecule has 1 aromatic carbocycles. The van der Waals surface area contributed by atoms with Crippen LogP contribution in [-0.4, -0.2) is 20.4 Å². The molecule has 1 amide bonds. The van der Waals surface area contributed by atoms with Crippen LogP contribution in [0.25, 0.3) is 0 Å². The van der Waals surface area contributed by atoms with Crippen LogP contribution in [0.5, 0.6) is 0 Å². The van der Waals surface area contributed by atoms with E-state index in [9.17, 15) is 13.2 Å². The number of nitrogens with one attached hydrogen (secondary N) is 1. The highest BCUT2D eigenvalue weighted by atomic mass is 32.2. The predicted molar refractivity (Wildman–Crippen MR) is 69.6 cm³/mol. The van der Waals surface area contributed by atoms with E-state index in [2.05, 4.69) is 11.9 Å². The zero-order valence-corrected chi connectivity index (χ0v) is 10.9. The molecule has 1 aromatic rings. The summed E-state index contributed by atoms with van der Waals surface area (Å²) < 4.78 is 22.1. The monoisotopic (exact) mass is 268 g/mol. The van der Waals surface area contributed by atoms with Crippen molar-refractivity contribution in [3.63, 3.8) is 0 Å². The molecule has 0 bridgehead atoms. The third-order valence-electron chi connectivity index (χ3n) is 2.34. The average molecular weight is 268 g/mol. The van der Waals surface area contributed by atoms with Crippen molar-refractivity contribution in [3.05, 3.63) is 42.5 Å². The molecule has 0 fully saturated rings. The number of benzene rings is 1. The number of primary sulfonamides is 1. The maximum absolute atomic E-state index is 11.8. The van der Waals surface area contributed by atoms with E-state index in [4.69, 9.17) is 5.14 Å². The Bertz CT molecular complexity index is 535. The molecular weight excluding hydrogens is 252 g/mol. The highest BCUT2D eigenvalue weighted by molar-refractivity contribution is 7.89. The van der Waals surface area contributed by atoms with Gasteiger partial charge in [-0.15, -0.1) is 6.58 Å². The summed E-state index contributed by atoms with van der Waals surface area (Å²) in [6.45, 7) is 5.45. The molecule has 0 saturated carbocycles. The molecule has 0 radical (unpaired) electrons. The van der Waals surface area contributed by atoms with Gasteiger partial charge in [0, 0.05) is 11.6 Å². The van der Waals surface area contributed by atoms with Crippen LogP contribution in [0.2, 0.25) is 0 Å². The highest BCUT2D eigenvalue weighted by Crippen LogP contribution is 2.09. The Balaban J connectivity index is 2.80. The number of carbonyl (C=O) groups is 1. The standard InChI is InChI=1S/C12H16N2O3S/c1-3-4-9(2)14-12(15)10-5-7-11(8-6-10)18(13,16)17/h3,5-9H,1,4H2,2H3,(H,14,15)(H2,13,16,17). The normalized spacial score (nSPS) is 12.8.